The predicted octanol–water partition coefficient (Wildman–Crippen LogP) is 18.9. The summed E-state index contributed by atoms with van der Waals surface area (Å²) in [5.41, 5.74) is 18.7. The normalized spacial score (nSPS) is 15.1. The average molecular weight is 1030 g/mol. The first kappa shape index (κ1) is 57.8. The topological polar surface area (TPSA) is 99.4 Å². The molecule has 0 bridgehead atoms. The van der Waals surface area contributed by atoms with Crippen molar-refractivity contribution in [3.05, 3.63) is 173 Å². The number of benzene rings is 6. The van der Waals surface area contributed by atoms with Crippen LogP contribution >= 0.6 is 0 Å². The third-order valence-corrected chi connectivity index (χ3v) is 16.9. The molecule has 0 saturated carbocycles. The first-order valence-electron chi connectivity index (χ1n) is 28.2. The minimum atomic E-state index is -0.408. The highest BCUT2D eigenvalue weighted by atomic mass is 16.5. The smallest absolute Gasteiger partial charge is 0.132 e. The summed E-state index contributed by atoms with van der Waals surface area (Å²) >= 11 is 0. The van der Waals surface area contributed by atoms with E-state index in [0.29, 0.717) is 17.2 Å². The van der Waals surface area contributed by atoms with E-state index in [0.717, 1.165) is 91.1 Å². The molecule has 1 aliphatic rings. The Morgan fingerprint density at radius 3 is 1.30 bits per heavy atom. The molecule has 4 atom stereocenters. The average Bonchev–Trinajstić information content (AvgIpc) is 3.28. The van der Waals surface area contributed by atoms with Crippen molar-refractivity contribution in [1.82, 2.24) is 0 Å². The van der Waals surface area contributed by atoms with E-state index in [4.69, 9.17) is 9.47 Å². The van der Waals surface area contributed by atoms with E-state index in [-0.39, 0.29) is 64.6 Å². The Morgan fingerprint density at radius 2 is 0.816 bits per heavy atom. The second kappa shape index (κ2) is 21.5. The number of hydrogen-bond acceptors (Lipinski definition) is 6. The summed E-state index contributed by atoms with van der Waals surface area (Å²) in [5, 5.41) is 45.5. The van der Waals surface area contributed by atoms with Gasteiger partial charge >= 0.3 is 0 Å². The molecule has 408 valence electrons. The van der Waals surface area contributed by atoms with Crippen molar-refractivity contribution in [2.45, 2.75) is 223 Å². The lowest BCUT2D eigenvalue weighted by atomic mass is 9.74. The van der Waals surface area contributed by atoms with E-state index in [9.17, 15) is 20.4 Å². The quantitative estimate of drug-likeness (QED) is 0.0771. The number of phenols is 4. The molecule has 7 rings (SSSR count). The number of aryl methyl sites for hydroxylation is 5. The summed E-state index contributed by atoms with van der Waals surface area (Å²) in [5.74, 6) is 3.63. The maximum Gasteiger partial charge on any atom is 0.132 e. The predicted molar refractivity (Wildman–Crippen MR) is 316 cm³/mol. The summed E-state index contributed by atoms with van der Waals surface area (Å²) in [7, 11) is 0. The Kier molecular flexibility index (Phi) is 16.4. The molecular weight excluding hydrogens is 937 g/mol. The first-order chi connectivity index (χ1) is 35.2. The minimum Gasteiger partial charge on any atom is -0.508 e. The molecule has 6 heteroatoms. The van der Waals surface area contributed by atoms with Gasteiger partial charge in [-0.25, -0.2) is 0 Å². The summed E-state index contributed by atoms with van der Waals surface area (Å²) in [6.45, 7) is 45.8. The minimum absolute atomic E-state index is 0.00923. The molecule has 6 nitrogen and oxygen atoms in total. The summed E-state index contributed by atoms with van der Waals surface area (Å²) in [6.07, 6.45) is 1.60. The zero-order chi connectivity index (χ0) is 56.4. The van der Waals surface area contributed by atoms with Crippen LogP contribution in [0.1, 0.15) is 265 Å². The fourth-order valence-corrected chi connectivity index (χ4v) is 12.4. The zero-order valence-corrected chi connectivity index (χ0v) is 50.2. The van der Waals surface area contributed by atoms with Crippen LogP contribution in [-0.4, -0.2) is 20.4 Å². The molecular formula is C70H92O6. The Hall–Kier alpha value is -5.88. The third-order valence-electron chi connectivity index (χ3n) is 16.9. The number of phenolic OH excluding ortho intramolecular Hbond substituents is 4. The Bertz CT molecular complexity index is 3130. The molecule has 6 aromatic carbocycles. The van der Waals surface area contributed by atoms with Gasteiger partial charge in [0.1, 0.15) is 46.7 Å². The molecule has 6 aromatic rings. The van der Waals surface area contributed by atoms with E-state index in [2.05, 4.69) is 194 Å². The van der Waals surface area contributed by atoms with Crippen molar-refractivity contribution in [3.63, 3.8) is 0 Å². The fraction of sp³-hybridized carbons (Fsp3) is 0.486. The fourth-order valence-electron chi connectivity index (χ4n) is 12.4. The van der Waals surface area contributed by atoms with Crippen LogP contribution < -0.4 is 9.47 Å². The molecule has 0 spiro atoms. The van der Waals surface area contributed by atoms with Crippen LogP contribution in [0.3, 0.4) is 0 Å². The molecule has 0 aromatic heterocycles. The molecule has 4 unspecified atom stereocenters. The highest BCUT2D eigenvalue weighted by Gasteiger charge is 2.39. The van der Waals surface area contributed by atoms with Gasteiger partial charge in [-0.2, -0.15) is 0 Å². The second-order valence-corrected chi connectivity index (χ2v) is 26.5. The Morgan fingerprint density at radius 1 is 0.434 bits per heavy atom. The van der Waals surface area contributed by atoms with Gasteiger partial charge in [-0.05, 0) is 239 Å². The van der Waals surface area contributed by atoms with Gasteiger partial charge in [-0.15, -0.1) is 0 Å². The van der Waals surface area contributed by atoms with Crippen molar-refractivity contribution >= 4 is 0 Å². The molecule has 0 saturated heterocycles. The van der Waals surface area contributed by atoms with Crippen molar-refractivity contribution in [2.75, 3.05) is 0 Å². The van der Waals surface area contributed by atoms with E-state index >= 15 is 0 Å². The van der Waals surface area contributed by atoms with Gasteiger partial charge in [0, 0.05) is 17.4 Å². The van der Waals surface area contributed by atoms with E-state index in [1.54, 1.807) is 0 Å². The van der Waals surface area contributed by atoms with Crippen molar-refractivity contribution in [1.29, 1.82) is 0 Å². The SMILES string of the molecule is Cc1cc(O)c(C(C)C)cc1C(C)CC(c1cc(C(C)C)c(O)cc1C)c1cc(C(C)C)c(OCc2cc(O)c(C(C)(C)C)cc2C(CC(C)c2cc(C(C)(C)C)c(O)cc2C)c2cc3c(cc2C)OC3(C)C)cc1C. The number of rotatable bonds is 16. The van der Waals surface area contributed by atoms with Gasteiger partial charge in [-0.1, -0.05) is 127 Å². The lowest BCUT2D eigenvalue weighted by Gasteiger charge is -2.40. The van der Waals surface area contributed by atoms with Gasteiger partial charge in [0.15, 0.2) is 0 Å². The van der Waals surface area contributed by atoms with Gasteiger partial charge < -0.3 is 29.9 Å². The molecule has 0 aliphatic carbocycles. The number of fused-ring (bicyclic) bond motifs is 1. The lowest BCUT2D eigenvalue weighted by Crippen LogP contribution is -2.35. The van der Waals surface area contributed by atoms with Crippen LogP contribution in [0.4, 0.5) is 0 Å². The summed E-state index contributed by atoms with van der Waals surface area (Å²) in [4.78, 5) is 0. The van der Waals surface area contributed by atoms with Crippen LogP contribution in [0.5, 0.6) is 34.5 Å². The molecule has 76 heavy (non-hydrogen) atoms. The number of ether oxygens (including phenoxy) is 2. The zero-order valence-electron chi connectivity index (χ0n) is 50.2. The Balaban J connectivity index is 1.37. The third kappa shape index (κ3) is 11.7. The highest BCUT2D eigenvalue weighted by molar-refractivity contribution is 5.58. The Labute approximate surface area is 458 Å². The lowest BCUT2D eigenvalue weighted by molar-refractivity contribution is 0.0514. The van der Waals surface area contributed by atoms with Crippen LogP contribution in [0.25, 0.3) is 0 Å². The molecule has 0 fully saturated rings. The van der Waals surface area contributed by atoms with Gasteiger partial charge in [0.2, 0.25) is 0 Å². The summed E-state index contributed by atoms with van der Waals surface area (Å²) < 4.78 is 13.5. The van der Waals surface area contributed by atoms with E-state index < -0.39 is 5.60 Å². The van der Waals surface area contributed by atoms with Crippen LogP contribution in [-0.2, 0) is 23.0 Å². The molecule has 1 aliphatic heterocycles. The molecule has 0 amide bonds. The first-order valence-corrected chi connectivity index (χ1v) is 28.2. The maximum absolute atomic E-state index is 12.0. The van der Waals surface area contributed by atoms with E-state index in [1.165, 1.54) is 33.4 Å². The van der Waals surface area contributed by atoms with Crippen LogP contribution in [0, 0.1) is 34.6 Å². The van der Waals surface area contributed by atoms with E-state index in [1.807, 2.05) is 24.3 Å². The van der Waals surface area contributed by atoms with Crippen molar-refractivity contribution < 1.29 is 29.9 Å². The molecule has 4 N–H and O–H groups in total. The maximum atomic E-state index is 12.0. The van der Waals surface area contributed by atoms with Crippen molar-refractivity contribution in [2.24, 2.45) is 0 Å². The number of aromatic hydroxyl groups is 4. The number of hydrogen-bond donors (Lipinski definition) is 4. The van der Waals surface area contributed by atoms with Gasteiger partial charge in [-0.3, -0.25) is 0 Å². The van der Waals surface area contributed by atoms with Crippen LogP contribution in [0.2, 0.25) is 0 Å². The highest BCUT2D eigenvalue weighted by Crippen LogP contribution is 2.51. The summed E-state index contributed by atoms with van der Waals surface area (Å²) in [6, 6.07) is 25.9. The largest absolute Gasteiger partial charge is 0.508 e. The van der Waals surface area contributed by atoms with Crippen molar-refractivity contribution in [3.8, 4) is 34.5 Å². The van der Waals surface area contributed by atoms with Gasteiger partial charge in [0.25, 0.3) is 0 Å². The monoisotopic (exact) mass is 1030 g/mol. The molecule has 0 radical (unpaired) electrons. The standard InChI is InChI=1S/C70H92O6/c1-37(2)48-30-51(42(9)24-62(48)71)40(7)22-57(53-31-49(38(3)4)63(72)25-44(53)11)54-32-50(39(5)6)66(27-45(54)12)75-36-47-29-65(74)60(69(17,18)19)35-56(47)58(55-34-61-67(28-46(55)13)76-70(61,20)21)23-41(8)52-33-59(68(14,15)16)64(73)26-43(52)10/h24-35,37-41,57-58,71-74H,22-23,36H2,1-21H3. The van der Waals surface area contributed by atoms with Gasteiger partial charge in [0.05, 0.1) is 0 Å². The van der Waals surface area contributed by atoms with Crippen LogP contribution in [0.15, 0.2) is 72.8 Å². The molecule has 1 heterocycles. The second-order valence-electron chi connectivity index (χ2n) is 26.5.